The summed E-state index contributed by atoms with van der Waals surface area (Å²) in [5.74, 6) is -0.306. The van der Waals surface area contributed by atoms with Crippen LogP contribution in [-0.4, -0.2) is 16.2 Å². The van der Waals surface area contributed by atoms with Crippen molar-refractivity contribution in [2.75, 3.05) is 0 Å². The molecular weight excluding hydrogens is 387 g/mol. The van der Waals surface area contributed by atoms with E-state index in [1.54, 1.807) is 37.3 Å². The number of carboxylic acid groups (broad SMARTS) is 1. The zero-order valence-corrected chi connectivity index (χ0v) is 15.0. The number of aryl methyl sites for hydroxylation is 1. The lowest BCUT2D eigenvalue weighted by Crippen LogP contribution is -2.22. The highest BCUT2D eigenvalue weighted by molar-refractivity contribution is 8.03. The predicted octanol–water partition coefficient (Wildman–Crippen LogP) is 3.83. The molecule has 2 aromatic heterocycles. The summed E-state index contributed by atoms with van der Waals surface area (Å²) in [5.41, 5.74) is 0.601. The average Bonchev–Trinajstić information content (AvgIpc) is 3.18. The van der Waals surface area contributed by atoms with Gasteiger partial charge in [0.05, 0.1) is 11.0 Å². The molecule has 25 heavy (non-hydrogen) atoms. The molecule has 0 spiro atoms. The smallest absolute Gasteiger partial charge is 0.281 e. The fraction of sp³-hybridized carbons (Fsp3) is 0.0625. The van der Waals surface area contributed by atoms with Crippen molar-refractivity contribution < 1.29 is 18.7 Å². The van der Waals surface area contributed by atoms with Crippen molar-refractivity contribution in [3.05, 3.63) is 56.9 Å². The van der Waals surface area contributed by atoms with Crippen molar-refractivity contribution >= 4 is 47.0 Å². The quantitative estimate of drug-likeness (QED) is 0.478. The number of furan rings is 1. The number of carbonyl (C=O) groups is 1. The summed E-state index contributed by atoms with van der Waals surface area (Å²) >= 11 is 12.9. The minimum absolute atomic E-state index is 0.0950. The molecular formula is C16H9Cl2N2O4S-. The van der Waals surface area contributed by atoms with E-state index in [1.807, 2.05) is 0 Å². The molecule has 9 heteroatoms. The number of nitrogens with zero attached hydrogens (tertiary/aromatic N) is 2. The molecule has 6 nitrogen and oxygen atoms in total. The first-order valence-corrected chi connectivity index (χ1v) is 8.46. The van der Waals surface area contributed by atoms with Crippen molar-refractivity contribution in [3.63, 3.8) is 0 Å². The molecule has 3 rings (SSSR count). The molecule has 0 aliphatic rings. The van der Waals surface area contributed by atoms with Crippen molar-refractivity contribution in [2.45, 2.75) is 12.1 Å². The summed E-state index contributed by atoms with van der Waals surface area (Å²) in [6.45, 7) is 1.60. The molecule has 0 atom stereocenters. The Hall–Kier alpha value is -2.22. The molecule has 0 fully saturated rings. The van der Waals surface area contributed by atoms with Crippen molar-refractivity contribution in [2.24, 2.45) is 0 Å². The summed E-state index contributed by atoms with van der Waals surface area (Å²) in [5, 5.41) is 19.8. The van der Waals surface area contributed by atoms with E-state index in [0.29, 0.717) is 33.0 Å². The van der Waals surface area contributed by atoms with E-state index in [2.05, 4.69) is 10.2 Å². The lowest BCUT2D eigenvalue weighted by Gasteiger charge is -2.04. The van der Waals surface area contributed by atoms with Crippen molar-refractivity contribution in [3.8, 4) is 11.3 Å². The van der Waals surface area contributed by atoms with Crippen LogP contribution in [0.4, 0.5) is 0 Å². The lowest BCUT2D eigenvalue weighted by molar-refractivity contribution is -0.298. The Kier molecular flexibility index (Phi) is 5.17. The van der Waals surface area contributed by atoms with Gasteiger partial charge < -0.3 is 18.7 Å². The van der Waals surface area contributed by atoms with Gasteiger partial charge in [-0.2, -0.15) is 0 Å². The number of carbonyl (C=O) groups excluding carboxylic acids is 1. The van der Waals surface area contributed by atoms with Crippen LogP contribution in [0.25, 0.3) is 17.4 Å². The third-order valence-electron chi connectivity index (χ3n) is 3.00. The Labute approximate surface area is 156 Å². The second-order valence-electron chi connectivity index (χ2n) is 4.81. The third-order valence-corrected chi connectivity index (χ3v) is 4.41. The zero-order chi connectivity index (χ0) is 18.0. The summed E-state index contributed by atoms with van der Waals surface area (Å²) in [4.78, 5) is 11.2. The summed E-state index contributed by atoms with van der Waals surface area (Å²) in [6.07, 6.45) is 1.31. The highest BCUT2D eigenvalue weighted by atomic mass is 35.5. The van der Waals surface area contributed by atoms with E-state index in [9.17, 15) is 9.90 Å². The maximum atomic E-state index is 11.3. The molecule has 0 amide bonds. The second-order valence-corrected chi connectivity index (χ2v) is 6.65. The first-order valence-electron chi connectivity index (χ1n) is 6.88. The van der Waals surface area contributed by atoms with Crippen LogP contribution in [0.1, 0.15) is 11.7 Å². The van der Waals surface area contributed by atoms with E-state index < -0.39 is 5.97 Å². The zero-order valence-electron chi connectivity index (χ0n) is 12.7. The minimum atomic E-state index is -1.39. The van der Waals surface area contributed by atoms with Gasteiger partial charge in [0, 0.05) is 22.4 Å². The third kappa shape index (κ3) is 4.25. The lowest BCUT2D eigenvalue weighted by atomic mass is 10.2. The Balaban J connectivity index is 1.90. The topological polar surface area (TPSA) is 92.2 Å². The fourth-order valence-corrected chi connectivity index (χ4v) is 3.01. The molecule has 2 heterocycles. The number of thioether (sulfide) groups is 1. The van der Waals surface area contributed by atoms with Crippen molar-refractivity contribution in [1.82, 2.24) is 10.2 Å². The van der Waals surface area contributed by atoms with Gasteiger partial charge in [0.15, 0.2) is 0 Å². The molecule has 128 valence electrons. The van der Waals surface area contributed by atoms with Crippen molar-refractivity contribution in [1.29, 1.82) is 0 Å². The van der Waals surface area contributed by atoms with E-state index in [-0.39, 0.29) is 10.1 Å². The van der Waals surface area contributed by atoms with Crippen LogP contribution in [0.5, 0.6) is 0 Å². The SMILES string of the molecule is Cc1nnc(S/C(=C/c2ccc(-c3cc(Cl)ccc3Cl)o2)C(=O)[O-])o1. The summed E-state index contributed by atoms with van der Waals surface area (Å²) in [6, 6.07) is 8.24. The first-order chi connectivity index (χ1) is 11.9. The normalized spacial score (nSPS) is 11.7. The van der Waals surface area contributed by atoms with Crippen LogP contribution in [0.2, 0.25) is 10.0 Å². The number of halogens is 2. The Bertz CT molecular complexity index is 965. The first kappa shape index (κ1) is 17.6. The molecule has 0 unspecified atom stereocenters. The van der Waals surface area contributed by atoms with Crippen LogP contribution >= 0.6 is 35.0 Å². The van der Waals surface area contributed by atoms with Gasteiger partial charge in [0.1, 0.15) is 11.5 Å². The number of carboxylic acids is 1. The van der Waals surface area contributed by atoms with Gasteiger partial charge in [-0.05, 0) is 48.2 Å². The fourth-order valence-electron chi connectivity index (χ4n) is 1.93. The maximum Gasteiger partial charge on any atom is 0.281 e. The molecule has 0 radical (unpaired) electrons. The average molecular weight is 396 g/mol. The van der Waals surface area contributed by atoms with E-state index in [1.165, 1.54) is 6.08 Å². The Morgan fingerprint density at radius 3 is 2.68 bits per heavy atom. The molecule has 0 bridgehead atoms. The number of hydrogen-bond donors (Lipinski definition) is 0. The van der Waals surface area contributed by atoms with Gasteiger partial charge >= 0.3 is 0 Å². The minimum Gasteiger partial charge on any atom is -0.544 e. The Morgan fingerprint density at radius 2 is 2.00 bits per heavy atom. The van der Waals surface area contributed by atoms with Gasteiger partial charge in [-0.3, -0.25) is 0 Å². The van der Waals surface area contributed by atoms with Gasteiger partial charge in [0.25, 0.3) is 5.22 Å². The van der Waals surface area contributed by atoms with E-state index >= 15 is 0 Å². The number of rotatable bonds is 5. The molecule has 3 aromatic rings. The molecule has 0 saturated heterocycles. The van der Waals surface area contributed by atoms with Gasteiger partial charge in [-0.15, -0.1) is 10.2 Å². The van der Waals surface area contributed by atoms with Gasteiger partial charge in [0.2, 0.25) is 5.89 Å². The highest BCUT2D eigenvalue weighted by Gasteiger charge is 2.12. The number of aliphatic carboxylic acids is 1. The number of benzene rings is 1. The standard InChI is InChI=1S/C16H10Cl2N2O4S/c1-8-19-20-16(23-8)25-14(15(21)22)7-10-3-5-13(24-10)11-6-9(17)2-4-12(11)18/h2-7H,1H3,(H,21,22)/p-1/b14-7+. The van der Waals surface area contributed by atoms with Crippen LogP contribution in [0, 0.1) is 6.92 Å². The molecule has 0 aliphatic heterocycles. The highest BCUT2D eigenvalue weighted by Crippen LogP contribution is 2.33. The van der Waals surface area contributed by atoms with Gasteiger partial charge in [-0.1, -0.05) is 23.2 Å². The molecule has 0 N–H and O–H groups in total. The molecule has 1 aromatic carbocycles. The monoisotopic (exact) mass is 395 g/mol. The molecule has 0 saturated carbocycles. The predicted molar refractivity (Wildman–Crippen MR) is 92.0 cm³/mol. The number of hydrogen-bond acceptors (Lipinski definition) is 7. The molecule has 0 aliphatic carbocycles. The summed E-state index contributed by atoms with van der Waals surface area (Å²) in [7, 11) is 0. The number of aromatic nitrogens is 2. The maximum absolute atomic E-state index is 11.3. The second kappa shape index (κ2) is 7.35. The van der Waals surface area contributed by atoms with Crippen LogP contribution in [0.15, 0.2) is 49.3 Å². The van der Waals surface area contributed by atoms with E-state index in [4.69, 9.17) is 32.0 Å². The Morgan fingerprint density at radius 1 is 1.20 bits per heavy atom. The largest absolute Gasteiger partial charge is 0.544 e. The van der Waals surface area contributed by atoms with Crippen LogP contribution in [-0.2, 0) is 4.79 Å². The summed E-state index contributed by atoms with van der Waals surface area (Å²) < 4.78 is 10.8. The van der Waals surface area contributed by atoms with E-state index in [0.717, 1.165) is 11.8 Å². The van der Waals surface area contributed by atoms with Gasteiger partial charge in [-0.25, -0.2) is 0 Å². The van der Waals surface area contributed by atoms with Crippen LogP contribution in [0.3, 0.4) is 0 Å². The van der Waals surface area contributed by atoms with Crippen LogP contribution < -0.4 is 5.11 Å².